The lowest BCUT2D eigenvalue weighted by Crippen LogP contribution is -1.96. The van der Waals surface area contributed by atoms with Crippen LogP contribution < -0.4 is 5.30 Å². The lowest BCUT2D eigenvalue weighted by Gasteiger charge is -2.00. The maximum Gasteiger partial charge on any atom is 0.159 e. The van der Waals surface area contributed by atoms with Gasteiger partial charge < -0.3 is 0 Å². The summed E-state index contributed by atoms with van der Waals surface area (Å²) in [6, 6.07) is 8.20. The van der Waals surface area contributed by atoms with Crippen molar-refractivity contribution in [2.45, 2.75) is 6.92 Å². The van der Waals surface area contributed by atoms with E-state index in [-0.39, 0.29) is 0 Å². The van der Waals surface area contributed by atoms with Gasteiger partial charge in [0.25, 0.3) is 0 Å². The lowest BCUT2D eigenvalue weighted by atomic mass is 10.1. The van der Waals surface area contributed by atoms with Crippen LogP contribution in [0.4, 0.5) is 0 Å². The average molecular weight is 202 g/mol. The molecule has 0 aliphatic rings. The molecular formula is C11H11N2P. The van der Waals surface area contributed by atoms with Crippen molar-refractivity contribution >= 4 is 14.5 Å². The molecule has 14 heavy (non-hydrogen) atoms. The van der Waals surface area contributed by atoms with Gasteiger partial charge in [-0.15, -0.1) is 9.24 Å². The largest absolute Gasteiger partial charge is 0.236 e. The van der Waals surface area contributed by atoms with Gasteiger partial charge in [0, 0.05) is 23.3 Å². The molecule has 3 heteroatoms. The number of hydrogen-bond acceptors (Lipinski definition) is 2. The van der Waals surface area contributed by atoms with Gasteiger partial charge in [-0.2, -0.15) is 0 Å². The summed E-state index contributed by atoms with van der Waals surface area (Å²) in [5, 5.41) is 1.00. The van der Waals surface area contributed by atoms with E-state index in [0.717, 1.165) is 16.7 Å². The zero-order valence-electron chi connectivity index (χ0n) is 7.94. The Balaban J connectivity index is 2.40. The van der Waals surface area contributed by atoms with E-state index < -0.39 is 0 Å². The molecule has 2 nitrogen and oxygen atoms in total. The summed E-state index contributed by atoms with van der Waals surface area (Å²) in [7, 11) is 2.57. The van der Waals surface area contributed by atoms with E-state index in [1.165, 1.54) is 5.56 Å². The Kier molecular flexibility index (Phi) is 2.55. The Morgan fingerprint density at radius 1 is 1.00 bits per heavy atom. The molecule has 1 aromatic heterocycles. The molecule has 1 heterocycles. The van der Waals surface area contributed by atoms with Gasteiger partial charge >= 0.3 is 0 Å². The van der Waals surface area contributed by atoms with E-state index >= 15 is 0 Å². The summed E-state index contributed by atoms with van der Waals surface area (Å²) in [5.41, 5.74) is 2.30. The fourth-order valence-electron chi connectivity index (χ4n) is 1.19. The third kappa shape index (κ3) is 1.97. The van der Waals surface area contributed by atoms with E-state index in [0.29, 0.717) is 0 Å². The normalized spacial score (nSPS) is 10.1. The third-order valence-corrected chi connectivity index (χ3v) is 2.28. The van der Waals surface area contributed by atoms with E-state index in [1.54, 1.807) is 12.4 Å². The predicted octanol–water partition coefficient (Wildman–Crippen LogP) is 1.95. The summed E-state index contributed by atoms with van der Waals surface area (Å²) in [6.45, 7) is 2.07. The second-order valence-corrected chi connectivity index (χ2v) is 3.87. The molecule has 0 N–H and O–H groups in total. The number of rotatable bonds is 1. The van der Waals surface area contributed by atoms with Crippen LogP contribution in [0.15, 0.2) is 36.7 Å². The molecule has 1 aromatic carbocycles. The molecule has 0 radical (unpaired) electrons. The molecule has 0 bridgehead atoms. The molecule has 2 aromatic rings. The highest BCUT2D eigenvalue weighted by Crippen LogP contribution is 2.13. The molecule has 0 aliphatic heterocycles. The van der Waals surface area contributed by atoms with Crippen LogP contribution in [0.2, 0.25) is 0 Å². The summed E-state index contributed by atoms with van der Waals surface area (Å²) in [6.07, 6.45) is 3.60. The highest BCUT2D eigenvalue weighted by molar-refractivity contribution is 7.27. The Morgan fingerprint density at radius 3 is 2.14 bits per heavy atom. The first-order chi connectivity index (χ1) is 6.75. The SMILES string of the molecule is Cc1ccc(-c2ncc(P)cn2)cc1. The van der Waals surface area contributed by atoms with Crippen LogP contribution in [0.1, 0.15) is 5.56 Å². The average Bonchev–Trinajstić information content (AvgIpc) is 2.21. The topological polar surface area (TPSA) is 25.8 Å². The molecular weight excluding hydrogens is 191 g/mol. The van der Waals surface area contributed by atoms with Gasteiger partial charge in [0.1, 0.15) is 0 Å². The number of benzene rings is 1. The maximum atomic E-state index is 4.25. The molecule has 0 spiro atoms. The highest BCUT2D eigenvalue weighted by Gasteiger charge is 1.98. The Morgan fingerprint density at radius 2 is 1.57 bits per heavy atom. The maximum absolute atomic E-state index is 4.25. The number of hydrogen-bond donors (Lipinski definition) is 0. The van der Waals surface area contributed by atoms with Crippen molar-refractivity contribution in [3.05, 3.63) is 42.2 Å². The van der Waals surface area contributed by atoms with E-state index in [2.05, 4.69) is 38.3 Å². The Hall–Kier alpha value is -1.27. The fourth-order valence-corrected chi connectivity index (χ4v) is 1.34. The third-order valence-electron chi connectivity index (χ3n) is 1.98. The second-order valence-electron chi connectivity index (χ2n) is 3.21. The van der Waals surface area contributed by atoms with Crippen molar-refractivity contribution in [3.63, 3.8) is 0 Å². The highest BCUT2D eigenvalue weighted by atomic mass is 31.0. The summed E-state index contributed by atoms with van der Waals surface area (Å²) >= 11 is 0. The van der Waals surface area contributed by atoms with Gasteiger partial charge in [-0.3, -0.25) is 0 Å². The second kappa shape index (κ2) is 3.85. The summed E-state index contributed by atoms with van der Waals surface area (Å²) in [4.78, 5) is 8.49. The number of nitrogens with zero attached hydrogens (tertiary/aromatic N) is 2. The first-order valence-electron chi connectivity index (χ1n) is 4.40. The molecule has 0 saturated carbocycles. The Labute approximate surface area is 85.6 Å². The van der Waals surface area contributed by atoms with Gasteiger partial charge in [-0.25, -0.2) is 9.97 Å². The van der Waals surface area contributed by atoms with Crippen molar-refractivity contribution in [2.24, 2.45) is 0 Å². The molecule has 0 saturated heterocycles. The first kappa shape index (κ1) is 9.29. The van der Waals surface area contributed by atoms with Gasteiger partial charge in [-0.05, 0) is 6.92 Å². The van der Waals surface area contributed by atoms with Crippen LogP contribution in [-0.4, -0.2) is 9.97 Å². The van der Waals surface area contributed by atoms with E-state index in [4.69, 9.17) is 0 Å². The monoisotopic (exact) mass is 202 g/mol. The smallest absolute Gasteiger partial charge is 0.159 e. The molecule has 70 valence electrons. The van der Waals surface area contributed by atoms with E-state index in [1.807, 2.05) is 12.1 Å². The van der Waals surface area contributed by atoms with Crippen LogP contribution in [0.25, 0.3) is 11.4 Å². The van der Waals surface area contributed by atoms with Crippen molar-refractivity contribution in [1.82, 2.24) is 9.97 Å². The fraction of sp³-hybridized carbons (Fsp3) is 0.0909. The minimum Gasteiger partial charge on any atom is -0.236 e. The quantitative estimate of drug-likeness (QED) is 0.660. The summed E-state index contributed by atoms with van der Waals surface area (Å²) in [5.74, 6) is 0.774. The molecule has 0 amide bonds. The standard InChI is InChI=1S/C11H11N2P/c1-8-2-4-9(5-3-8)11-12-6-10(14)7-13-11/h2-7H,14H2,1H3. The van der Waals surface area contributed by atoms with Crippen LogP contribution in [0.5, 0.6) is 0 Å². The predicted molar refractivity (Wildman–Crippen MR) is 61.5 cm³/mol. The zero-order valence-corrected chi connectivity index (χ0v) is 9.09. The number of aryl methyl sites for hydroxylation is 1. The van der Waals surface area contributed by atoms with Crippen molar-refractivity contribution in [3.8, 4) is 11.4 Å². The van der Waals surface area contributed by atoms with Crippen molar-refractivity contribution < 1.29 is 0 Å². The van der Waals surface area contributed by atoms with Gasteiger partial charge in [0.05, 0.1) is 0 Å². The minimum absolute atomic E-state index is 0.774. The van der Waals surface area contributed by atoms with Gasteiger partial charge in [0.15, 0.2) is 5.82 Å². The molecule has 0 fully saturated rings. The molecule has 2 rings (SSSR count). The van der Waals surface area contributed by atoms with Crippen molar-refractivity contribution in [2.75, 3.05) is 0 Å². The zero-order chi connectivity index (χ0) is 9.97. The number of aromatic nitrogens is 2. The first-order valence-corrected chi connectivity index (χ1v) is 4.98. The van der Waals surface area contributed by atoms with Gasteiger partial charge in [-0.1, -0.05) is 29.8 Å². The minimum atomic E-state index is 0.774. The van der Waals surface area contributed by atoms with Crippen LogP contribution in [-0.2, 0) is 0 Å². The molecule has 1 unspecified atom stereocenters. The molecule has 0 aliphatic carbocycles. The Bertz CT molecular complexity index is 377. The molecule has 1 atom stereocenters. The van der Waals surface area contributed by atoms with Gasteiger partial charge in [0.2, 0.25) is 0 Å². The van der Waals surface area contributed by atoms with Crippen LogP contribution >= 0.6 is 9.24 Å². The van der Waals surface area contributed by atoms with Crippen LogP contribution in [0, 0.1) is 6.92 Å². The lowest BCUT2D eigenvalue weighted by molar-refractivity contribution is 1.19. The van der Waals surface area contributed by atoms with Crippen molar-refractivity contribution in [1.29, 1.82) is 0 Å². The van der Waals surface area contributed by atoms with E-state index in [9.17, 15) is 0 Å². The van der Waals surface area contributed by atoms with Crippen LogP contribution in [0.3, 0.4) is 0 Å². The summed E-state index contributed by atoms with van der Waals surface area (Å²) < 4.78 is 0.